The van der Waals surface area contributed by atoms with Gasteiger partial charge < -0.3 is 5.32 Å². The number of urea groups is 1. The van der Waals surface area contributed by atoms with Gasteiger partial charge in [-0.15, -0.1) is 0 Å². The highest BCUT2D eigenvalue weighted by molar-refractivity contribution is 7.92. The molecule has 0 aromatic heterocycles. The summed E-state index contributed by atoms with van der Waals surface area (Å²) in [7, 11) is -1.88. The number of anilines is 1. The molecule has 1 atom stereocenters. The number of aryl methyl sites for hydroxylation is 1. The maximum Gasteiger partial charge on any atom is 0.333 e. The second-order valence-corrected chi connectivity index (χ2v) is 9.77. The van der Waals surface area contributed by atoms with Gasteiger partial charge in [0.15, 0.2) is 0 Å². The normalized spacial score (nSPS) is 23.9. The number of sulfonamides is 1. The Kier molecular flexibility index (Phi) is 4.83. The second-order valence-electron chi connectivity index (χ2n) is 8.20. The van der Waals surface area contributed by atoms with E-state index in [0.29, 0.717) is 0 Å². The molecule has 1 aromatic carbocycles. The zero-order valence-electron chi connectivity index (χ0n) is 16.4. The molecule has 1 fully saturated rings. The highest BCUT2D eigenvalue weighted by Gasteiger charge is 2.32. The number of benzene rings is 1. The maximum atomic E-state index is 12.5. The molecule has 1 aromatic rings. The summed E-state index contributed by atoms with van der Waals surface area (Å²) in [5, 5.41) is 3.95. The van der Waals surface area contributed by atoms with Crippen LogP contribution in [0.25, 0.3) is 6.08 Å². The first-order valence-electron chi connectivity index (χ1n) is 9.86. The minimum Gasteiger partial charge on any atom is -0.307 e. The van der Waals surface area contributed by atoms with Gasteiger partial charge in [-0.25, -0.2) is 17.9 Å². The van der Waals surface area contributed by atoms with Crippen molar-refractivity contribution in [2.75, 3.05) is 18.9 Å². The van der Waals surface area contributed by atoms with Gasteiger partial charge in [-0.05, 0) is 81.3 Å². The number of likely N-dealkylation sites (tertiary alicyclic amines) is 1. The number of rotatable bonds is 4. The van der Waals surface area contributed by atoms with E-state index in [-0.39, 0.29) is 5.54 Å². The summed E-state index contributed by atoms with van der Waals surface area (Å²) >= 11 is 0. The van der Waals surface area contributed by atoms with E-state index in [1.165, 1.54) is 5.56 Å². The number of likely N-dealkylation sites (N-methyl/N-ethyl adjacent to an activating group) is 1. The summed E-state index contributed by atoms with van der Waals surface area (Å²) in [4.78, 5) is 14.6. The van der Waals surface area contributed by atoms with Crippen molar-refractivity contribution in [1.29, 1.82) is 0 Å². The summed E-state index contributed by atoms with van der Waals surface area (Å²) in [6.45, 7) is 2.95. The number of fused-ring (bicyclic) bond motifs is 2. The molecule has 1 aliphatic heterocycles. The summed E-state index contributed by atoms with van der Waals surface area (Å²) in [6, 6.07) is 1.49. The minimum atomic E-state index is -3.86. The van der Waals surface area contributed by atoms with Gasteiger partial charge in [-0.2, -0.15) is 0 Å². The molecular formula is C21H27N3O3S. The van der Waals surface area contributed by atoms with Crippen LogP contribution in [-0.2, 0) is 29.3 Å². The lowest BCUT2D eigenvalue weighted by Crippen LogP contribution is -2.37. The quantitative estimate of drug-likeness (QED) is 0.812. The molecule has 0 bridgehead atoms. The van der Waals surface area contributed by atoms with Crippen LogP contribution in [0, 0.1) is 0 Å². The Bertz CT molecular complexity index is 977. The Balaban J connectivity index is 1.50. The van der Waals surface area contributed by atoms with Crippen molar-refractivity contribution in [2.24, 2.45) is 0 Å². The van der Waals surface area contributed by atoms with E-state index in [0.717, 1.165) is 72.9 Å². The highest BCUT2D eigenvalue weighted by Crippen LogP contribution is 2.37. The standard InChI is InChI=1S/C21H27N3O3S/c1-21(10-5-12-24(21)2)11-13-28(26,27)23-20(25)22-19-17-8-3-6-15(17)14-16-7-4-9-18(16)19/h3,6,11,13-14H,4-5,7-10,12H2,1-2H3,(H2,22,23,25)/b13-11+/t21-/m1/s1. The van der Waals surface area contributed by atoms with Gasteiger partial charge in [-0.1, -0.05) is 24.3 Å². The molecule has 0 unspecified atom stereocenters. The highest BCUT2D eigenvalue weighted by atomic mass is 32.2. The molecule has 0 radical (unpaired) electrons. The maximum absolute atomic E-state index is 12.5. The first-order chi connectivity index (χ1) is 13.3. The Morgan fingerprint density at radius 2 is 2.07 bits per heavy atom. The second kappa shape index (κ2) is 7.04. The topological polar surface area (TPSA) is 78.5 Å². The lowest BCUT2D eigenvalue weighted by Gasteiger charge is -2.28. The average Bonchev–Trinajstić information content (AvgIpc) is 3.34. The first kappa shape index (κ1) is 19.2. The fourth-order valence-electron chi connectivity index (χ4n) is 4.51. The molecule has 1 heterocycles. The molecule has 3 aliphatic rings. The molecular weight excluding hydrogens is 374 g/mol. The predicted molar refractivity (Wildman–Crippen MR) is 112 cm³/mol. The molecule has 2 amide bonds. The van der Waals surface area contributed by atoms with Crippen LogP contribution in [0.15, 0.2) is 23.6 Å². The Morgan fingerprint density at radius 1 is 1.25 bits per heavy atom. The molecule has 0 saturated carbocycles. The van der Waals surface area contributed by atoms with Crippen LogP contribution in [0.2, 0.25) is 0 Å². The van der Waals surface area contributed by atoms with Gasteiger partial charge in [0, 0.05) is 16.6 Å². The number of hydrogen-bond acceptors (Lipinski definition) is 4. The van der Waals surface area contributed by atoms with Gasteiger partial charge in [0.2, 0.25) is 0 Å². The van der Waals surface area contributed by atoms with E-state index >= 15 is 0 Å². The van der Waals surface area contributed by atoms with Crippen LogP contribution in [0.5, 0.6) is 0 Å². The van der Waals surface area contributed by atoms with Crippen LogP contribution in [0.3, 0.4) is 0 Å². The molecule has 28 heavy (non-hydrogen) atoms. The van der Waals surface area contributed by atoms with Crippen molar-refractivity contribution < 1.29 is 13.2 Å². The minimum absolute atomic E-state index is 0.294. The number of nitrogens with one attached hydrogen (secondary N) is 2. The number of nitrogens with zero attached hydrogens (tertiary/aromatic N) is 1. The molecule has 0 spiro atoms. The van der Waals surface area contributed by atoms with Crippen LogP contribution in [-0.4, -0.2) is 38.5 Å². The van der Waals surface area contributed by atoms with E-state index in [2.05, 4.69) is 33.2 Å². The average molecular weight is 402 g/mol. The Morgan fingerprint density at radius 3 is 2.82 bits per heavy atom. The number of carbonyl (C=O) groups excluding carboxylic acids is 1. The van der Waals surface area contributed by atoms with Crippen molar-refractivity contribution >= 4 is 27.8 Å². The Hall–Kier alpha value is -2.12. The number of carbonyl (C=O) groups is 1. The fraction of sp³-hybridized carbons (Fsp3) is 0.476. The molecule has 150 valence electrons. The van der Waals surface area contributed by atoms with Gasteiger partial charge in [0.25, 0.3) is 10.0 Å². The third kappa shape index (κ3) is 3.61. The summed E-state index contributed by atoms with van der Waals surface area (Å²) in [5.74, 6) is 0. The van der Waals surface area contributed by atoms with E-state index in [9.17, 15) is 13.2 Å². The van der Waals surface area contributed by atoms with Crippen molar-refractivity contribution in [1.82, 2.24) is 9.62 Å². The number of allylic oxidation sites excluding steroid dienone is 1. The zero-order valence-corrected chi connectivity index (χ0v) is 17.2. The van der Waals surface area contributed by atoms with Crippen molar-refractivity contribution in [2.45, 2.75) is 51.0 Å². The molecule has 4 rings (SSSR count). The van der Waals surface area contributed by atoms with Gasteiger partial charge in [-0.3, -0.25) is 4.90 Å². The van der Waals surface area contributed by atoms with Crippen LogP contribution in [0.4, 0.5) is 10.5 Å². The molecule has 2 aliphatic carbocycles. The van der Waals surface area contributed by atoms with Crippen LogP contribution < -0.4 is 10.0 Å². The van der Waals surface area contributed by atoms with E-state index in [1.54, 1.807) is 6.08 Å². The third-order valence-corrected chi connectivity index (χ3v) is 7.25. The third-order valence-electron chi connectivity index (χ3n) is 6.29. The SMILES string of the molecule is CN1CCC[C@]1(C)/C=C/S(=O)(=O)NC(=O)Nc1c2c(cc3c1CCC3)C=CC2. The van der Waals surface area contributed by atoms with Gasteiger partial charge in [0.05, 0.1) is 0 Å². The van der Waals surface area contributed by atoms with E-state index in [1.807, 2.05) is 14.0 Å². The zero-order chi connectivity index (χ0) is 19.9. The summed E-state index contributed by atoms with van der Waals surface area (Å²) < 4.78 is 27.0. The van der Waals surface area contributed by atoms with Gasteiger partial charge in [0.1, 0.15) is 0 Å². The molecule has 1 saturated heterocycles. The fourth-order valence-corrected chi connectivity index (χ4v) is 5.36. The monoisotopic (exact) mass is 401 g/mol. The lowest BCUT2D eigenvalue weighted by molar-refractivity contribution is 0.251. The first-order valence-corrected chi connectivity index (χ1v) is 11.4. The largest absolute Gasteiger partial charge is 0.333 e. The smallest absolute Gasteiger partial charge is 0.307 e. The van der Waals surface area contributed by atoms with E-state index in [4.69, 9.17) is 0 Å². The van der Waals surface area contributed by atoms with Gasteiger partial charge >= 0.3 is 6.03 Å². The van der Waals surface area contributed by atoms with Crippen molar-refractivity contribution in [3.63, 3.8) is 0 Å². The summed E-state index contributed by atoms with van der Waals surface area (Å²) in [6.07, 6.45) is 11.5. The van der Waals surface area contributed by atoms with Crippen LogP contribution in [0.1, 0.15) is 48.4 Å². The number of amides is 2. The molecule has 7 heteroatoms. The Labute approximate surface area is 166 Å². The lowest BCUT2D eigenvalue weighted by atomic mass is 9.98. The van der Waals surface area contributed by atoms with Crippen LogP contribution >= 0.6 is 0 Å². The predicted octanol–water partition coefficient (Wildman–Crippen LogP) is 3.19. The number of hydrogen-bond donors (Lipinski definition) is 2. The molecule has 2 N–H and O–H groups in total. The van der Waals surface area contributed by atoms with E-state index < -0.39 is 16.1 Å². The van der Waals surface area contributed by atoms with Crippen molar-refractivity contribution in [3.05, 3.63) is 45.9 Å². The molecule has 6 nitrogen and oxygen atoms in total. The van der Waals surface area contributed by atoms with Crippen molar-refractivity contribution in [3.8, 4) is 0 Å². The summed E-state index contributed by atoms with van der Waals surface area (Å²) in [5.41, 5.74) is 5.08.